The van der Waals surface area contributed by atoms with Crippen LogP contribution in [0.3, 0.4) is 0 Å². The molecular weight excluding hydrogens is 138 g/mol. The molecule has 0 aromatic carbocycles. The summed E-state index contributed by atoms with van der Waals surface area (Å²) < 4.78 is 1.29. The number of hydrogen-bond donors (Lipinski definition) is 1. The Kier molecular flexibility index (Phi) is 1.68. The average Bonchev–Trinajstić information content (AvgIpc) is 2.13. The minimum atomic E-state index is -0.697. The van der Waals surface area contributed by atoms with Crippen molar-refractivity contribution >= 4 is 11.5 Å². The van der Waals surface area contributed by atoms with E-state index < -0.39 is 6.23 Å². The van der Waals surface area contributed by atoms with Crippen LogP contribution in [0.1, 0.15) is 13.2 Å². The molecule has 0 fully saturated rings. The van der Waals surface area contributed by atoms with E-state index >= 15 is 0 Å². The van der Waals surface area contributed by atoms with Crippen LogP contribution in [0.25, 0.3) is 0 Å². The van der Waals surface area contributed by atoms with Gasteiger partial charge in [0.15, 0.2) is 0 Å². The van der Waals surface area contributed by atoms with Gasteiger partial charge in [-0.1, -0.05) is 11.5 Å². The van der Waals surface area contributed by atoms with Crippen LogP contribution in [-0.2, 0) is 0 Å². The fourth-order valence-electron chi connectivity index (χ4n) is 0.552. The van der Waals surface area contributed by atoms with Crippen LogP contribution in [-0.4, -0.2) is 9.06 Å². The molecule has 4 heteroatoms. The highest BCUT2D eigenvalue weighted by Gasteiger charge is 2.00. The van der Waals surface area contributed by atoms with E-state index in [2.05, 4.69) is 0 Å². The number of nitrogens with zero attached hydrogens (tertiary/aromatic N) is 1. The molecule has 1 unspecified atom stereocenters. The third kappa shape index (κ3) is 1.20. The first-order valence-electron chi connectivity index (χ1n) is 2.56. The molecule has 1 atom stereocenters. The fraction of sp³-hybridized carbons (Fsp3) is 0.400. The predicted octanol–water partition coefficient (Wildman–Crippen LogP) is 0.421. The molecule has 1 aromatic heterocycles. The van der Waals surface area contributed by atoms with Gasteiger partial charge in [-0.15, -0.1) is 0 Å². The van der Waals surface area contributed by atoms with Crippen molar-refractivity contribution in [1.82, 2.24) is 3.96 Å². The SMILES string of the molecule is CC(O)n1sccc1=O. The Bertz CT molecular complexity index is 237. The van der Waals surface area contributed by atoms with Crippen molar-refractivity contribution in [3.63, 3.8) is 0 Å². The molecule has 0 radical (unpaired) electrons. The molecular formula is C5H7NO2S. The summed E-state index contributed by atoms with van der Waals surface area (Å²) in [7, 11) is 0. The van der Waals surface area contributed by atoms with Crippen LogP contribution in [0.2, 0.25) is 0 Å². The molecule has 0 aliphatic carbocycles. The predicted molar refractivity (Wildman–Crippen MR) is 35.5 cm³/mol. The zero-order valence-electron chi connectivity index (χ0n) is 4.94. The van der Waals surface area contributed by atoms with Crippen LogP contribution in [0.4, 0.5) is 0 Å². The van der Waals surface area contributed by atoms with Gasteiger partial charge < -0.3 is 5.11 Å². The Balaban J connectivity index is 3.08. The van der Waals surface area contributed by atoms with E-state index in [1.165, 1.54) is 21.6 Å². The van der Waals surface area contributed by atoms with Crippen LogP contribution >= 0.6 is 11.5 Å². The standard InChI is InChI=1S/C5H7NO2S/c1-4(7)6-5(8)2-3-9-6/h2-4,7H,1H3. The molecule has 9 heavy (non-hydrogen) atoms. The Labute approximate surface area is 56.3 Å². The summed E-state index contributed by atoms with van der Waals surface area (Å²) in [5.74, 6) is 0. The fourth-order valence-corrected chi connectivity index (χ4v) is 1.20. The molecule has 1 N–H and O–H groups in total. The first kappa shape index (κ1) is 6.51. The molecule has 1 heterocycles. The third-order valence-electron chi connectivity index (χ3n) is 0.942. The molecule has 0 aliphatic rings. The average molecular weight is 145 g/mol. The maximum Gasteiger partial charge on any atom is 0.262 e. The van der Waals surface area contributed by atoms with Crippen molar-refractivity contribution in [1.29, 1.82) is 0 Å². The van der Waals surface area contributed by atoms with Gasteiger partial charge in [0, 0.05) is 11.4 Å². The van der Waals surface area contributed by atoms with Crippen LogP contribution in [0, 0.1) is 0 Å². The highest BCUT2D eigenvalue weighted by Crippen LogP contribution is 2.00. The van der Waals surface area contributed by atoms with E-state index in [0.29, 0.717) is 0 Å². The minimum Gasteiger partial charge on any atom is -0.373 e. The molecule has 1 rings (SSSR count). The van der Waals surface area contributed by atoms with E-state index in [0.717, 1.165) is 0 Å². The monoisotopic (exact) mass is 145 g/mol. The van der Waals surface area contributed by atoms with Gasteiger partial charge in [0.2, 0.25) is 0 Å². The molecule has 0 amide bonds. The van der Waals surface area contributed by atoms with E-state index in [4.69, 9.17) is 5.11 Å². The zero-order chi connectivity index (χ0) is 6.85. The summed E-state index contributed by atoms with van der Waals surface area (Å²) in [5.41, 5.74) is -0.144. The van der Waals surface area contributed by atoms with Crippen molar-refractivity contribution in [2.45, 2.75) is 13.2 Å². The van der Waals surface area contributed by atoms with E-state index in [9.17, 15) is 4.79 Å². The zero-order valence-corrected chi connectivity index (χ0v) is 5.76. The van der Waals surface area contributed by atoms with Gasteiger partial charge in [-0.25, -0.2) is 3.96 Å². The van der Waals surface area contributed by atoms with Gasteiger partial charge in [-0.05, 0) is 6.92 Å². The second-order valence-electron chi connectivity index (χ2n) is 1.70. The van der Waals surface area contributed by atoms with E-state index in [-0.39, 0.29) is 5.56 Å². The van der Waals surface area contributed by atoms with Crippen LogP contribution in [0.15, 0.2) is 16.2 Å². The Morgan fingerprint density at radius 1 is 1.89 bits per heavy atom. The lowest BCUT2D eigenvalue weighted by atomic mass is 10.6. The second-order valence-corrected chi connectivity index (χ2v) is 2.58. The lowest BCUT2D eigenvalue weighted by Gasteiger charge is -2.00. The number of rotatable bonds is 1. The van der Waals surface area contributed by atoms with Gasteiger partial charge >= 0.3 is 0 Å². The summed E-state index contributed by atoms with van der Waals surface area (Å²) in [5, 5.41) is 10.5. The second kappa shape index (κ2) is 2.33. The first-order chi connectivity index (χ1) is 4.22. The maximum atomic E-state index is 10.7. The quantitative estimate of drug-likeness (QED) is 0.622. The van der Waals surface area contributed by atoms with Crippen molar-refractivity contribution in [2.24, 2.45) is 0 Å². The maximum absolute atomic E-state index is 10.7. The van der Waals surface area contributed by atoms with Crippen LogP contribution in [0.5, 0.6) is 0 Å². The molecule has 50 valence electrons. The Hall–Kier alpha value is -0.610. The largest absolute Gasteiger partial charge is 0.373 e. The number of aliphatic hydroxyl groups excluding tert-OH is 1. The normalized spacial score (nSPS) is 13.6. The van der Waals surface area contributed by atoms with Crippen LogP contribution < -0.4 is 5.56 Å². The van der Waals surface area contributed by atoms with Gasteiger partial charge in [0.25, 0.3) is 5.56 Å². The molecule has 0 saturated heterocycles. The van der Waals surface area contributed by atoms with Gasteiger partial charge in [-0.3, -0.25) is 4.79 Å². The molecule has 1 aromatic rings. The van der Waals surface area contributed by atoms with Crippen molar-refractivity contribution < 1.29 is 5.11 Å². The molecule has 0 spiro atoms. The molecule has 0 aliphatic heterocycles. The highest BCUT2D eigenvalue weighted by molar-refractivity contribution is 7.04. The lowest BCUT2D eigenvalue weighted by molar-refractivity contribution is 0.133. The van der Waals surface area contributed by atoms with Gasteiger partial charge in [-0.2, -0.15) is 0 Å². The van der Waals surface area contributed by atoms with E-state index in [1.807, 2.05) is 0 Å². The minimum absolute atomic E-state index is 0.144. The molecule has 0 bridgehead atoms. The smallest absolute Gasteiger partial charge is 0.262 e. The summed E-state index contributed by atoms with van der Waals surface area (Å²) in [4.78, 5) is 10.7. The van der Waals surface area contributed by atoms with Gasteiger partial charge in [0.05, 0.1) is 0 Å². The topological polar surface area (TPSA) is 42.2 Å². The summed E-state index contributed by atoms with van der Waals surface area (Å²) in [6.45, 7) is 1.55. The highest BCUT2D eigenvalue weighted by atomic mass is 32.1. The molecule has 0 saturated carbocycles. The van der Waals surface area contributed by atoms with Gasteiger partial charge in [0.1, 0.15) is 6.23 Å². The number of hydrogen-bond acceptors (Lipinski definition) is 3. The summed E-state index contributed by atoms with van der Waals surface area (Å²) in [6.07, 6.45) is -0.697. The first-order valence-corrected chi connectivity index (χ1v) is 3.40. The third-order valence-corrected chi connectivity index (χ3v) is 1.91. The van der Waals surface area contributed by atoms with Crippen molar-refractivity contribution in [3.05, 3.63) is 21.8 Å². The Morgan fingerprint density at radius 2 is 2.56 bits per heavy atom. The number of aromatic nitrogens is 1. The number of aliphatic hydroxyl groups is 1. The van der Waals surface area contributed by atoms with Crippen molar-refractivity contribution in [2.75, 3.05) is 0 Å². The molecule has 3 nitrogen and oxygen atoms in total. The summed E-state index contributed by atoms with van der Waals surface area (Å²) in [6, 6.07) is 1.43. The summed E-state index contributed by atoms with van der Waals surface area (Å²) >= 11 is 1.21. The lowest BCUT2D eigenvalue weighted by Crippen LogP contribution is -2.15. The van der Waals surface area contributed by atoms with E-state index in [1.54, 1.807) is 12.3 Å². The van der Waals surface area contributed by atoms with Crippen molar-refractivity contribution in [3.8, 4) is 0 Å². The Morgan fingerprint density at radius 3 is 2.78 bits per heavy atom.